The number of ketones is 1. The van der Waals surface area contributed by atoms with Crippen LogP contribution in [0.1, 0.15) is 27.6 Å². The third-order valence-corrected chi connectivity index (χ3v) is 12.4. The summed E-state index contributed by atoms with van der Waals surface area (Å²) in [6.07, 6.45) is 0. The molecule has 1 saturated carbocycles. The Morgan fingerprint density at radius 2 is 1.27 bits per heavy atom. The molecule has 1 heterocycles. The number of alkyl halides is 4. The number of nitrogens with zero attached hydrogens (tertiary/aromatic N) is 2. The lowest BCUT2D eigenvalue weighted by Crippen LogP contribution is -2.59. The SMILES string of the molecule is C[C@H](C(=O)c1ccc(Cl)cc1)N(C(=O)c1ccc(Cl)cc1Cl)N1C(=O)[C@@H]2[C@@H](C1=O)[C@@]1(Cl)C(Cl)=C(Cl)[C@@]2(Cl)C1(Cl)Cl. The van der Waals surface area contributed by atoms with E-state index in [1.807, 2.05) is 0 Å². The summed E-state index contributed by atoms with van der Waals surface area (Å²) in [5, 5.41) is 1.10. The lowest BCUT2D eigenvalue weighted by Gasteiger charge is -2.38. The number of carbonyl (C=O) groups is 4. The molecule has 3 aliphatic rings. The molecule has 1 saturated heterocycles. The molecular weight excluding hydrogens is 711 g/mol. The number of allylic oxidation sites excluding steroid dienone is 2. The molecular formula is C25H13Cl9N2O4. The normalized spacial score (nSPS) is 29.2. The van der Waals surface area contributed by atoms with Gasteiger partial charge in [0.2, 0.25) is 0 Å². The van der Waals surface area contributed by atoms with E-state index in [0.29, 0.717) is 15.0 Å². The fraction of sp³-hybridized carbons (Fsp3) is 0.280. The molecule has 2 aliphatic carbocycles. The van der Waals surface area contributed by atoms with Crippen LogP contribution in [0.3, 0.4) is 0 Å². The standard InChI is InChI=1S/C25H13Cl9N2O4/c1-9(17(37)10-2-4-11(26)5-3-10)35(20(38)13-7-6-12(27)8-14(13)28)36-21(39)15-16(22(36)40)24(32)19(30)18(29)23(15,31)25(24,33)34/h2-9,15-16H,1H3/t9-,15+,16+,23-,24-/m1/s1. The fourth-order valence-electron chi connectivity index (χ4n) is 5.39. The lowest BCUT2D eigenvalue weighted by atomic mass is 9.84. The first-order chi connectivity index (χ1) is 18.5. The van der Waals surface area contributed by atoms with Crippen LogP contribution >= 0.6 is 104 Å². The van der Waals surface area contributed by atoms with Gasteiger partial charge in [0, 0.05) is 15.6 Å². The van der Waals surface area contributed by atoms with Gasteiger partial charge in [-0.3, -0.25) is 19.2 Å². The lowest BCUT2D eigenvalue weighted by molar-refractivity contribution is -0.157. The Hall–Kier alpha value is -0.930. The van der Waals surface area contributed by atoms with Gasteiger partial charge in [0.05, 0.1) is 32.5 Å². The van der Waals surface area contributed by atoms with Gasteiger partial charge in [-0.15, -0.1) is 23.2 Å². The van der Waals surface area contributed by atoms with Crippen LogP contribution in [0.15, 0.2) is 52.5 Å². The number of fused-ring (bicyclic) bond motifs is 5. The molecule has 1 aliphatic heterocycles. The van der Waals surface area contributed by atoms with Gasteiger partial charge < -0.3 is 0 Å². The van der Waals surface area contributed by atoms with E-state index >= 15 is 0 Å². The second kappa shape index (κ2) is 10.1. The number of imide groups is 1. The molecule has 5 atom stereocenters. The van der Waals surface area contributed by atoms with E-state index in [-0.39, 0.29) is 31.2 Å². The zero-order valence-corrected chi connectivity index (χ0v) is 26.5. The van der Waals surface area contributed by atoms with Crippen molar-refractivity contribution in [3.05, 3.63) is 78.7 Å². The Morgan fingerprint density at radius 3 is 1.75 bits per heavy atom. The molecule has 0 unspecified atom stereocenters. The Bertz CT molecular complexity index is 1500. The molecule has 2 aromatic carbocycles. The highest BCUT2D eigenvalue weighted by Gasteiger charge is 2.88. The molecule has 2 fully saturated rings. The van der Waals surface area contributed by atoms with Crippen molar-refractivity contribution in [1.82, 2.24) is 10.0 Å². The van der Waals surface area contributed by atoms with Crippen LogP contribution in [0.4, 0.5) is 0 Å². The van der Waals surface area contributed by atoms with Gasteiger partial charge >= 0.3 is 0 Å². The quantitative estimate of drug-likeness (QED) is 0.180. The van der Waals surface area contributed by atoms with Crippen molar-refractivity contribution in [1.29, 1.82) is 0 Å². The third kappa shape index (κ3) is 3.84. The number of carbonyl (C=O) groups excluding carboxylic acids is 4. The molecule has 2 bridgehead atoms. The zero-order chi connectivity index (χ0) is 29.7. The van der Waals surface area contributed by atoms with Crippen LogP contribution in [0.25, 0.3) is 0 Å². The average molecular weight is 724 g/mol. The van der Waals surface area contributed by atoms with Gasteiger partial charge in [0.25, 0.3) is 17.7 Å². The molecule has 15 heteroatoms. The molecule has 40 heavy (non-hydrogen) atoms. The van der Waals surface area contributed by atoms with E-state index < -0.39 is 55.5 Å². The van der Waals surface area contributed by atoms with Gasteiger partial charge in [-0.05, 0) is 49.4 Å². The second-order valence-electron chi connectivity index (χ2n) is 9.39. The van der Waals surface area contributed by atoms with Crippen molar-refractivity contribution in [3.8, 4) is 0 Å². The largest absolute Gasteiger partial charge is 0.292 e. The Morgan fingerprint density at radius 1 is 0.800 bits per heavy atom. The Kier molecular flexibility index (Phi) is 7.69. The first kappa shape index (κ1) is 30.5. The first-order valence-electron chi connectivity index (χ1n) is 11.3. The maximum Gasteiger partial charge on any atom is 0.275 e. The monoisotopic (exact) mass is 720 g/mol. The first-order valence-corrected chi connectivity index (χ1v) is 14.7. The van der Waals surface area contributed by atoms with Crippen LogP contribution in [0.2, 0.25) is 15.1 Å². The van der Waals surface area contributed by atoms with Crippen LogP contribution < -0.4 is 0 Å². The van der Waals surface area contributed by atoms with E-state index in [4.69, 9.17) is 104 Å². The van der Waals surface area contributed by atoms with E-state index in [1.165, 1.54) is 49.4 Å². The highest BCUT2D eigenvalue weighted by atomic mass is 35.5. The summed E-state index contributed by atoms with van der Waals surface area (Å²) in [5.41, 5.74) is -0.00553. The highest BCUT2D eigenvalue weighted by molar-refractivity contribution is 6.67. The number of hydrogen-bond donors (Lipinski definition) is 0. The van der Waals surface area contributed by atoms with E-state index in [1.54, 1.807) is 0 Å². The Balaban J connectivity index is 1.65. The van der Waals surface area contributed by atoms with Gasteiger partial charge in [0.15, 0.2) is 10.1 Å². The van der Waals surface area contributed by atoms with Gasteiger partial charge in [0.1, 0.15) is 15.8 Å². The van der Waals surface area contributed by atoms with Crippen molar-refractivity contribution in [3.63, 3.8) is 0 Å². The molecule has 210 valence electrons. The second-order valence-corrected chi connectivity index (χ2v) is 13.9. The topological polar surface area (TPSA) is 74.8 Å². The van der Waals surface area contributed by atoms with Crippen LogP contribution in [0, 0.1) is 11.8 Å². The molecule has 5 rings (SSSR count). The number of hydrazine groups is 1. The van der Waals surface area contributed by atoms with Crippen LogP contribution in [0.5, 0.6) is 0 Å². The zero-order valence-electron chi connectivity index (χ0n) is 19.7. The minimum Gasteiger partial charge on any atom is -0.292 e. The number of rotatable bonds is 5. The number of hydrogen-bond acceptors (Lipinski definition) is 4. The minimum atomic E-state index is -2.18. The Labute approximate surface area is 272 Å². The van der Waals surface area contributed by atoms with Crippen molar-refractivity contribution >= 4 is 128 Å². The summed E-state index contributed by atoms with van der Waals surface area (Å²) in [6.45, 7) is 1.33. The van der Waals surface area contributed by atoms with E-state index in [2.05, 4.69) is 0 Å². The molecule has 3 amide bonds. The number of Topliss-reactive ketones (excluding diaryl/α,β-unsaturated/α-hetero) is 1. The summed E-state index contributed by atoms with van der Waals surface area (Å²) < 4.78 is -2.18. The van der Waals surface area contributed by atoms with E-state index in [9.17, 15) is 19.2 Å². The van der Waals surface area contributed by atoms with Crippen molar-refractivity contribution in [2.75, 3.05) is 0 Å². The summed E-state index contributed by atoms with van der Waals surface area (Å²) in [6, 6.07) is 8.35. The van der Waals surface area contributed by atoms with Gasteiger partial charge in [-0.2, -0.15) is 5.01 Å². The summed E-state index contributed by atoms with van der Waals surface area (Å²) in [4.78, 5) is 51.4. The van der Waals surface area contributed by atoms with Crippen molar-refractivity contribution in [2.24, 2.45) is 11.8 Å². The van der Waals surface area contributed by atoms with Crippen LogP contribution in [-0.2, 0) is 9.59 Å². The smallest absolute Gasteiger partial charge is 0.275 e. The molecule has 6 nitrogen and oxygen atoms in total. The van der Waals surface area contributed by atoms with Crippen molar-refractivity contribution < 1.29 is 19.2 Å². The summed E-state index contributed by atoms with van der Waals surface area (Å²) >= 11 is 57.7. The van der Waals surface area contributed by atoms with Gasteiger partial charge in [-0.25, -0.2) is 5.01 Å². The van der Waals surface area contributed by atoms with Crippen molar-refractivity contribution in [2.45, 2.75) is 27.0 Å². The average Bonchev–Trinajstić information content (AvgIpc) is 3.27. The third-order valence-electron chi connectivity index (χ3n) is 7.35. The predicted molar refractivity (Wildman–Crippen MR) is 157 cm³/mol. The van der Waals surface area contributed by atoms with Crippen LogP contribution in [-0.4, -0.2) is 53.6 Å². The maximum atomic E-state index is 14.0. The van der Waals surface area contributed by atoms with E-state index in [0.717, 1.165) is 0 Å². The maximum absolute atomic E-state index is 14.0. The molecule has 0 aromatic heterocycles. The molecule has 0 spiro atoms. The molecule has 2 aromatic rings. The minimum absolute atomic E-state index is 0.0936. The fourth-order valence-corrected chi connectivity index (χ4v) is 8.93. The summed E-state index contributed by atoms with van der Waals surface area (Å²) in [5.74, 6) is -6.69. The number of benzene rings is 2. The summed E-state index contributed by atoms with van der Waals surface area (Å²) in [7, 11) is 0. The molecule has 0 N–H and O–H groups in total. The molecule has 0 radical (unpaired) electrons. The number of halogens is 9. The highest BCUT2D eigenvalue weighted by Crippen LogP contribution is 2.77. The number of amides is 3. The van der Waals surface area contributed by atoms with Gasteiger partial charge in [-0.1, -0.05) is 81.2 Å². The predicted octanol–water partition coefficient (Wildman–Crippen LogP) is 7.72.